The summed E-state index contributed by atoms with van der Waals surface area (Å²) < 4.78 is 10.8. The average Bonchev–Trinajstić information content (AvgIpc) is 3.31. The van der Waals surface area contributed by atoms with E-state index < -0.39 is 0 Å². The minimum Gasteiger partial charge on any atom is -0.419 e. The van der Waals surface area contributed by atoms with E-state index in [0.29, 0.717) is 42.2 Å². The van der Waals surface area contributed by atoms with Crippen molar-refractivity contribution in [2.24, 2.45) is 0 Å². The molecule has 0 radical (unpaired) electrons. The number of thiophene rings is 1. The number of carbonyl (C=O) groups excluding carboxylic acids is 1. The summed E-state index contributed by atoms with van der Waals surface area (Å²) in [6.07, 6.45) is 0. The van der Waals surface area contributed by atoms with Gasteiger partial charge in [-0.25, -0.2) is 0 Å². The minimum absolute atomic E-state index is 0.159. The number of anilines is 1. The van der Waals surface area contributed by atoms with Crippen molar-refractivity contribution in [2.75, 3.05) is 32.1 Å². The Balaban J connectivity index is 1.62. The molecule has 2 heterocycles. The molecule has 9 heteroatoms. The van der Waals surface area contributed by atoms with Gasteiger partial charge >= 0.3 is 0 Å². The number of ether oxygens (including phenoxy) is 1. The molecule has 0 atom stereocenters. The van der Waals surface area contributed by atoms with Crippen molar-refractivity contribution < 1.29 is 13.9 Å². The molecule has 1 aromatic carbocycles. The van der Waals surface area contributed by atoms with Gasteiger partial charge in [0.25, 0.3) is 5.89 Å². The van der Waals surface area contributed by atoms with Gasteiger partial charge in [-0.3, -0.25) is 9.69 Å². The van der Waals surface area contributed by atoms with Gasteiger partial charge in [0, 0.05) is 24.4 Å². The van der Waals surface area contributed by atoms with Crippen molar-refractivity contribution in [3.63, 3.8) is 0 Å². The molecule has 0 aliphatic carbocycles. The molecule has 3 aromatic rings. The molecule has 0 aliphatic rings. The van der Waals surface area contributed by atoms with Crippen molar-refractivity contribution in [1.29, 1.82) is 0 Å². The number of rotatable bonds is 9. The summed E-state index contributed by atoms with van der Waals surface area (Å²) in [5, 5.41) is 13.5. The van der Waals surface area contributed by atoms with Crippen LogP contribution in [-0.4, -0.2) is 47.8 Å². The van der Waals surface area contributed by atoms with Crippen molar-refractivity contribution in [3.8, 4) is 10.8 Å². The van der Waals surface area contributed by atoms with Crippen LogP contribution < -0.4 is 5.32 Å². The minimum atomic E-state index is -0.161. The van der Waals surface area contributed by atoms with Crippen LogP contribution in [0, 0.1) is 0 Å². The first kappa shape index (κ1) is 19.5. The number of carbonyl (C=O) groups is 1. The number of hydrogen-bond donors (Lipinski definition) is 1. The first-order valence-electron chi connectivity index (χ1n) is 8.27. The maximum atomic E-state index is 12.4. The number of nitrogens with zero attached hydrogens (tertiary/aromatic N) is 3. The molecular formula is C18H19ClN4O3S. The number of nitrogens with one attached hydrogen (secondary N) is 1. The number of benzene rings is 1. The monoisotopic (exact) mass is 406 g/mol. The maximum Gasteiger partial charge on any atom is 0.257 e. The quantitative estimate of drug-likeness (QED) is 0.585. The Morgan fingerprint density at radius 3 is 2.96 bits per heavy atom. The summed E-state index contributed by atoms with van der Waals surface area (Å²) in [6.45, 7) is 1.55. The molecule has 0 saturated heterocycles. The lowest BCUT2D eigenvalue weighted by molar-refractivity contribution is -0.117. The number of methoxy groups -OCH3 is 1. The molecule has 0 aliphatic heterocycles. The molecule has 3 rings (SSSR count). The second-order valence-corrected chi connectivity index (χ2v) is 7.12. The molecule has 0 saturated carbocycles. The molecule has 7 nitrogen and oxygen atoms in total. The summed E-state index contributed by atoms with van der Waals surface area (Å²) in [7, 11) is 1.62. The molecule has 0 unspecified atom stereocenters. The van der Waals surface area contributed by atoms with Crippen LogP contribution in [0.2, 0.25) is 5.02 Å². The van der Waals surface area contributed by atoms with Crippen LogP contribution in [-0.2, 0) is 16.1 Å². The predicted molar refractivity (Wildman–Crippen MR) is 105 cm³/mol. The first-order chi connectivity index (χ1) is 13.1. The maximum absolute atomic E-state index is 12.4. The van der Waals surface area contributed by atoms with Crippen LogP contribution >= 0.6 is 22.9 Å². The summed E-state index contributed by atoms with van der Waals surface area (Å²) >= 11 is 7.48. The molecule has 0 bridgehead atoms. The third-order valence-electron chi connectivity index (χ3n) is 3.64. The zero-order valence-electron chi connectivity index (χ0n) is 14.7. The summed E-state index contributed by atoms with van der Waals surface area (Å²) in [5.74, 6) is 0.770. The second kappa shape index (κ2) is 9.61. The zero-order valence-corrected chi connectivity index (χ0v) is 16.3. The van der Waals surface area contributed by atoms with Crippen molar-refractivity contribution in [1.82, 2.24) is 15.1 Å². The summed E-state index contributed by atoms with van der Waals surface area (Å²) in [5.41, 5.74) is 0.650. The average molecular weight is 407 g/mol. The number of amides is 1. The lowest BCUT2D eigenvalue weighted by Gasteiger charge is -2.19. The molecular weight excluding hydrogens is 388 g/mol. The Morgan fingerprint density at radius 1 is 1.33 bits per heavy atom. The topological polar surface area (TPSA) is 80.5 Å². The van der Waals surface area contributed by atoms with E-state index in [4.69, 9.17) is 20.8 Å². The standard InChI is InChI=1S/C18H19ClN4O3S/c1-25-8-7-23(11-16(24)20-14-5-2-4-13(19)10-14)12-17-21-22-18(26-17)15-6-3-9-27-15/h2-6,9-10H,7-8,11-12H2,1H3,(H,20,24). The van der Waals surface area contributed by atoms with Gasteiger partial charge in [0.05, 0.1) is 24.6 Å². The van der Waals surface area contributed by atoms with Crippen LogP contribution in [0.3, 0.4) is 0 Å². The van der Waals surface area contributed by atoms with Gasteiger partial charge in [0.2, 0.25) is 11.8 Å². The Bertz CT molecular complexity index is 869. The summed E-state index contributed by atoms with van der Waals surface area (Å²) in [4.78, 5) is 15.2. The number of aromatic nitrogens is 2. The van der Waals surface area contributed by atoms with Crippen LogP contribution in [0.4, 0.5) is 5.69 Å². The van der Waals surface area contributed by atoms with Crippen LogP contribution in [0.1, 0.15) is 5.89 Å². The highest BCUT2D eigenvalue weighted by Gasteiger charge is 2.16. The molecule has 1 N–H and O–H groups in total. The Labute approximate surface area is 165 Å². The smallest absolute Gasteiger partial charge is 0.257 e. The molecule has 142 valence electrons. The van der Waals surface area contributed by atoms with Crippen LogP contribution in [0.15, 0.2) is 46.2 Å². The largest absolute Gasteiger partial charge is 0.419 e. The number of halogens is 1. The highest BCUT2D eigenvalue weighted by Crippen LogP contribution is 2.23. The first-order valence-corrected chi connectivity index (χ1v) is 9.53. The van der Waals surface area contributed by atoms with Gasteiger partial charge in [-0.15, -0.1) is 21.5 Å². The third-order valence-corrected chi connectivity index (χ3v) is 4.74. The van der Waals surface area contributed by atoms with E-state index in [1.807, 2.05) is 22.4 Å². The van der Waals surface area contributed by atoms with Gasteiger partial charge in [0.15, 0.2) is 0 Å². The highest BCUT2D eigenvalue weighted by molar-refractivity contribution is 7.13. The van der Waals surface area contributed by atoms with E-state index in [2.05, 4.69) is 15.5 Å². The van der Waals surface area contributed by atoms with Gasteiger partial charge in [-0.05, 0) is 29.6 Å². The van der Waals surface area contributed by atoms with Crippen LogP contribution in [0.5, 0.6) is 0 Å². The fourth-order valence-electron chi connectivity index (χ4n) is 2.41. The predicted octanol–water partition coefficient (Wildman–Crippen LogP) is 3.54. The third kappa shape index (κ3) is 5.86. The normalized spacial score (nSPS) is 11.1. The molecule has 0 spiro atoms. The number of hydrogen-bond acceptors (Lipinski definition) is 7. The SMILES string of the molecule is COCCN(CC(=O)Nc1cccc(Cl)c1)Cc1nnc(-c2cccs2)o1. The van der Waals surface area contributed by atoms with Crippen molar-refractivity contribution in [3.05, 3.63) is 52.7 Å². The Morgan fingerprint density at radius 2 is 2.22 bits per heavy atom. The van der Waals surface area contributed by atoms with E-state index in [-0.39, 0.29) is 12.5 Å². The molecule has 27 heavy (non-hydrogen) atoms. The fourth-order valence-corrected chi connectivity index (χ4v) is 3.25. The van der Waals surface area contributed by atoms with Gasteiger partial charge in [-0.2, -0.15) is 0 Å². The van der Waals surface area contributed by atoms with E-state index in [0.717, 1.165) is 4.88 Å². The summed E-state index contributed by atoms with van der Waals surface area (Å²) in [6, 6.07) is 10.9. The Kier molecular flexibility index (Phi) is 6.94. The van der Waals surface area contributed by atoms with E-state index in [1.54, 1.807) is 31.4 Å². The van der Waals surface area contributed by atoms with Gasteiger partial charge in [-0.1, -0.05) is 23.7 Å². The molecule has 0 fully saturated rings. The van der Waals surface area contributed by atoms with E-state index in [9.17, 15) is 4.79 Å². The van der Waals surface area contributed by atoms with Gasteiger partial charge < -0.3 is 14.5 Å². The lowest BCUT2D eigenvalue weighted by Crippen LogP contribution is -2.35. The van der Waals surface area contributed by atoms with E-state index in [1.165, 1.54) is 11.3 Å². The highest BCUT2D eigenvalue weighted by atomic mass is 35.5. The van der Waals surface area contributed by atoms with Crippen molar-refractivity contribution in [2.45, 2.75) is 6.54 Å². The fraction of sp³-hybridized carbons (Fsp3) is 0.278. The Hall–Kier alpha value is -2.26. The van der Waals surface area contributed by atoms with Crippen LogP contribution in [0.25, 0.3) is 10.8 Å². The van der Waals surface area contributed by atoms with E-state index >= 15 is 0 Å². The molecule has 2 aromatic heterocycles. The lowest BCUT2D eigenvalue weighted by atomic mass is 10.3. The second-order valence-electron chi connectivity index (χ2n) is 5.74. The van der Waals surface area contributed by atoms with Crippen molar-refractivity contribution >= 4 is 34.5 Å². The zero-order chi connectivity index (χ0) is 19.1. The van der Waals surface area contributed by atoms with Gasteiger partial charge in [0.1, 0.15) is 0 Å². The molecule has 1 amide bonds.